The van der Waals surface area contributed by atoms with E-state index in [4.69, 9.17) is 22.2 Å². The number of rotatable bonds is 4. The molecule has 0 saturated carbocycles. The van der Waals surface area contributed by atoms with Crippen molar-refractivity contribution in [3.63, 3.8) is 0 Å². The van der Waals surface area contributed by atoms with Gasteiger partial charge in [-0.1, -0.05) is 23.7 Å². The molecule has 17 heavy (non-hydrogen) atoms. The van der Waals surface area contributed by atoms with Crippen LogP contribution in [-0.2, 0) is 4.74 Å². The fourth-order valence-electron chi connectivity index (χ4n) is 2.25. The van der Waals surface area contributed by atoms with Crippen LogP contribution in [0, 0.1) is 0 Å². The third-order valence-corrected chi connectivity index (χ3v) is 3.50. The smallest absolute Gasteiger partial charge is 0.0593 e. The predicted molar refractivity (Wildman–Crippen MR) is 69.7 cm³/mol. The molecule has 1 aromatic carbocycles. The van der Waals surface area contributed by atoms with Gasteiger partial charge in [-0.25, -0.2) is 0 Å². The highest BCUT2D eigenvalue weighted by Crippen LogP contribution is 2.25. The van der Waals surface area contributed by atoms with Crippen molar-refractivity contribution in [1.82, 2.24) is 5.43 Å². The number of hydrogen-bond donors (Lipinski definition) is 2. The molecular weight excluding hydrogens is 236 g/mol. The van der Waals surface area contributed by atoms with Gasteiger partial charge in [0.2, 0.25) is 0 Å². The second kappa shape index (κ2) is 6.36. The Morgan fingerprint density at radius 2 is 2.12 bits per heavy atom. The van der Waals surface area contributed by atoms with E-state index >= 15 is 0 Å². The van der Waals surface area contributed by atoms with Crippen molar-refractivity contribution in [3.05, 3.63) is 34.9 Å². The largest absolute Gasteiger partial charge is 0.378 e. The first-order chi connectivity index (χ1) is 8.29. The van der Waals surface area contributed by atoms with Crippen molar-refractivity contribution in [2.45, 2.75) is 37.8 Å². The maximum absolute atomic E-state index is 5.88. The minimum atomic E-state index is 0.135. The first-order valence-corrected chi connectivity index (χ1v) is 6.50. The number of hydrogen-bond acceptors (Lipinski definition) is 3. The van der Waals surface area contributed by atoms with Crippen LogP contribution in [0.15, 0.2) is 24.3 Å². The van der Waals surface area contributed by atoms with Gasteiger partial charge in [-0.05, 0) is 43.4 Å². The minimum absolute atomic E-state index is 0.135. The molecule has 94 valence electrons. The van der Waals surface area contributed by atoms with Crippen LogP contribution in [0.4, 0.5) is 0 Å². The summed E-state index contributed by atoms with van der Waals surface area (Å²) in [6.45, 7) is 0.878. The number of ether oxygens (including phenoxy) is 1. The average molecular weight is 255 g/mol. The molecule has 1 aromatic rings. The van der Waals surface area contributed by atoms with Gasteiger partial charge < -0.3 is 4.74 Å². The summed E-state index contributed by atoms with van der Waals surface area (Å²) in [6.07, 6.45) is 4.80. The number of halogens is 1. The topological polar surface area (TPSA) is 47.3 Å². The molecule has 0 bridgehead atoms. The number of nitrogens with two attached hydrogens (primary N) is 1. The van der Waals surface area contributed by atoms with Gasteiger partial charge in [0, 0.05) is 17.7 Å². The third kappa shape index (κ3) is 3.68. The number of hydrazine groups is 1. The van der Waals surface area contributed by atoms with Gasteiger partial charge in [0.1, 0.15) is 0 Å². The number of benzene rings is 1. The summed E-state index contributed by atoms with van der Waals surface area (Å²) in [5, 5.41) is 0.749. The van der Waals surface area contributed by atoms with Crippen molar-refractivity contribution in [2.75, 3.05) is 6.61 Å². The van der Waals surface area contributed by atoms with Gasteiger partial charge >= 0.3 is 0 Å². The summed E-state index contributed by atoms with van der Waals surface area (Å²) in [5.41, 5.74) is 4.02. The molecule has 2 unspecified atom stereocenters. The second-order valence-electron chi connectivity index (χ2n) is 4.50. The molecule has 2 atom stereocenters. The maximum atomic E-state index is 5.88. The molecule has 0 spiro atoms. The summed E-state index contributed by atoms with van der Waals surface area (Å²) in [7, 11) is 0. The third-order valence-electron chi connectivity index (χ3n) is 3.25. The van der Waals surface area contributed by atoms with Crippen LogP contribution < -0.4 is 11.3 Å². The summed E-state index contributed by atoms with van der Waals surface area (Å²) in [5.74, 6) is 5.62. The average Bonchev–Trinajstić information content (AvgIpc) is 2.38. The van der Waals surface area contributed by atoms with E-state index in [1.165, 1.54) is 12.8 Å². The standard InChI is InChI=1S/C13H19ClN2O/c14-11-6-4-10(5-7-11)13(16-15)9-12-3-1-2-8-17-12/h4-7,12-13,16H,1-3,8-9,15H2. The van der Waals surface area contributed by atoms with Crippen LogP contribution in [0.5, 0.6) is 0 Å². The Balaban J connectivity index is 1.97. The van der Waals surface area contributed by atoms with Gasteiger partial charge in [-0.3, -0.25) is 11.3 Å². The van der Waals surface area contributed by atoms with Crippen LogP contribution in [0.2, 0.25) is 5.02 Å². The summed E-state index contributed by atoms with van der Waals surface area (Å²) < 4.78 is 5.73. The summed E-state index contributed by atoms with van der Waals surface area (Å²) >= 11 is 5.88. The monoisotopic (exact) mass is 254 g/mol. The zero-order valence-corrected chi connectivity index (χ0v) is 10.6. The van der Waals surface area contributed by atoms with Crippen LogP contribution in [0.1, 0.15) is 37.3 Å². The molecule has 0 aromatic heterocycles. The van der Waals surface area contributed by atoms with Gasteiger partial charge in [-0.2, -0.15) is 0 Å². The van der Waals surface area contributed by atoms with E-state index in [9.17, 15) is 0 Å². The van der Waals surface area contributed by atoms with Crippen molar-refractivity contribution < 1.29 is 4.74 Å². The lowest BCUT2D eigenvalue weighted by molar-refractivity contribution is 0.00502. The van der Waals surface area contributed by atoms with Gasteiger partial charge in [0.15, 0.2) is 0 Å². The lowest BCUT2D eigenvalue weighted by atomic mass is 9.97. The molecule has 1 fully saturated rings. The first-order valence-electron chi connectivity index (χ1n) is 6.13. The Labute approximate surface area is 107 Å². The van der Waals surface area contributed by atoms with Gasteiger partial charge in [0.05, 0.1) is 6.10 Å². The molecule has 4 heteroatoms. The van der Waals surface area contributed by atoms with Crippen LogP contribution >= 0.6 is 11.6 Å². The lowest BCUT2D eigenvalue weighted by Gasteiger charge is -2.26. The predicted octanol–water partition coefficient (Wildman–Crippen LogP) is 2.80. The Morgan fingerprint density at radius 3 is 2.71 bits per heavy atom. The van der Waals surface area contributed by atoms with Crippen molar-refractivity contribution in [1.29, 1.82) is 0 Å². The number of nitrogens with one attached hydrogen (secondary N) is 1. The first kappa shape index (κ1) is 12.8. The van der Waals surface area contributed by atoms with Gasteiger partial charge in [0.25, 0.3) is 0 Å². The SMILES string of the molecule is NNC(CC1CCCCO1)c1ccc(Cl)cc1. The van der Waals surface area contributed by atoms with Crippen molar-refractivity contribution in [2.24, 2.45) is 5.84 Å². The zero-order valence-electron chi connectivity index (χ0n) is 9.86. The summed E-state index contributed by atoms with van der Waals surface area (Å²) in [4.78, 5) is 0. The van der Waals surface area contributed by atoms with E-state index in [-0.39, 0.29) is 6.04 Å². The Hall–Kier alpha value is -0.610. The molecule has 0 amide bonds. The van der Waals surface area contributed by atoms with Crippen LogP contribution in [0.3, 0.4) is 0 Å². The van der Waals surface area contributed by atoms with Crippen LogP contribution in [-0.4, -0.2) is 12.7 Å². The van der Waals surface area contributed by atoms with Crippen molar-refractivity contribution in [3.8, 4) is 0 Å². The lowest BCUT2D eigenvalue weighted by Crippen LogP contribution is -2.32. The highest BCUT2D eigenvalue weighted by molar-refractivity contribution is 6.30. The van der Waals surface area contributed by atoms with E-state index in [2.05, 4.69) is 5.43 Å². The molecule has 1 aliphatic heterocycles. The van der Waals surface area contributed by atoms with Crippen LogP contribution in [0.25, 0.3) is 0 Å². The second-order valence-corrected chi connectivity index (χ2v) is 4.93. The molecular formula is C13H19ClN2O. The molecule has 3 N–H and O–H groups in total. The highest BCUT2D eigenvalue weighted by Gasteiger charge is 2.19. The normalized spacial score (nSPS) is 22.4. The molecule has 2 rings (SSSR count). The minimum Gasteiger partial charge on any atom is -0.378 e. The molecule has 0 radical (unpaired) electrons. The molecule has 0 aliphatic carbocycles. The maximum Gasteiger partial charge on any atom is 0.0593 e. The Kier molecular flexibility index (Phi) is 4.80. The van der Waals surface area contributed by atoms with E-state index in [1.54, 1.807) is 0 Å². The fourth-order valence-corrected chi connectivity index (χ4v) is 2.38. The molecule has 3 nitrogen and oxygen atoms in total. The molecule has 1 saturated heterocycles. The quantitative estimate of drug-likeness (QED) is 0.642. The molecule has 1 heterocycles. The van der Waals surface area contributed by atoms with E-state index < -0.39 is 0 Å². The summed E-state index contributed by atoms with van der Waals surface area (Å²) in [6, 6.07) is 7.94. The molecule has 1 aliphatic rings. The van der Waals surface area contributed by atoms with Gasteiger partial charge in [-0.15, -0.1) is 0 Å². The Morgan fingerprint density at radius 1 is 1.35 bits per heavy atom. The van der Waals surface area contributed by atoms with E-state index in [0.29, 0.717) is 6.10 Å². The van der Waals surface area contributed by atoms with E-state index in [0.717, 1.165) is 30.0 Å². The Bertz CT molecular complexity index is 336. The highest BCUT2D eigenvalue weighted by atomic mass is 35.5. The zero-order chi connectivity index (χ0) is 12.1. The van der Waals surface area contributed by atoms with Crippen molar-refractivity contribution >= 4 is 11.6 Å². The van der Waals surface area contributed by atoms with E-state index in [1.807, 2.05) is 24.3 Å². The fraction of sp³-hybridized carbons (Fsp3) is 0.538.